The van der Waals surface area contributed by atoms with Crippen molar-refractivity contribution in [1.29, 1.82) is 0 Å². The van der Waals surface area contributed by atoms with Crippen LogP contribution in [0.1, 0.15) is 40.7 Å². The van der Waals surface area contributed by atoms with Crippen LogP contribution in [0.15, 0.2) is 35.2 Å². The van der Waals surface area contributed by atoms with Crippen LogP contribution in [0.5, 0.6) is 17.2 Å². The van der Waals surface area contributed by atoms with Crippen LogP contribution in [-0.2, 0) is 10.0 Å². The molecule has 0 aromatic heterocycles. The minimum atomic E-state index is -3.61. The van der Waals surface area contributed by atoms with Gasteiger partial charge in [-0.1, -0.05) is 17.7 Å². The van der Waals surface area contributed by atoms with Gasteiger partial charge in [0.05, 0.1) is 25.5 Å². The number of benzene rings is 2. The van der Waals surface area contributed by atoms with Crippen molar-refractivity contribution in [2.24, 2.45) is 0 Å². The molecule has 8 heteroatoms. The monoisotopic (exact) mass is 445 g/mol. The van der Waals surface area contributed by atoms with Gasteiger partial charge in [0.25, 0.3) is 0 Å². The molecule has 2 aliphatic rings. The van der Waals surface area contributed by atoms with E-state index in [1.165, 1.54) is 18.5 Å². The highest BCUT2D eigenvalue weighted by atomic mass is 32.2. The summed E-state index contributed by atoms with van der Waals surface area (Å²) in [6.07, 6.45) is 1.06. The maximum atomic E-state index is 13.2. The topological polar surface area (TPSA) is 82.1 Å². The van der Waals surface area contributed by atoms with Gasteiger partial charge < -0.3 is 14.2 Å². The number of aryl methyl sites for hydroxylation is 2. The zero-order valence-corrected chi connectivity index (χ0v) is 19.0. The molecular weight excluding hydrogens is 418 g/mol. The quantitative estimate of drug-likeness (QED) is 0.716. The van der Waals surface area contributed by atoms with Gasteiger partial charge in [0, 0.05) is 38.1 Å². The second kappa shape index (κ2) is 7.84. The molecule has 7 nitrogen and oxygen atoms in total. The Morgan fingerprint density at radius 1 is 1.03 bits per heavy atom. The summed E-state index contributed by atoms with van der Waals surface area (Å²) in [5.74, 6) is 1.32. The fraction of sp³-hybridized carbons (Fsp3) is 0.435. The highest BCUT2D eigenvalue weighted by molar-refractivity contribution is 7.89. The number of ether oxygens (including phenoxy) is 3. The molecule has 2 aliphatic heterocycles. The predicted octanol–water partition coefficient (Wildman–Crippen LogP) is 3.51. The predicted molar refractivity (Wildman–Crippen MR) is 116 cm³/mol. The lowest BCUT2D eigenvalue weighted by Crippen LogP contribution is -2.52. The molecule has 0 atom stereocenters. The number of Topliss-reactive ketones (excluding diaryl/α,β-unsaturated/α-hetero) is 1. The van der Waals surface area contributed by atoms with Crippen molar-refractivity contribution in [2.45, 2.75) is 43.6 Å². The molecule has 1 spiro atoms. The van der Waals surface area contributed by atoms with E-state index in [9.17, 15) is 13.2 Å². The van der Waals surface area contributed by atoms with E-state index in [0.29, 0.717) is 53.6 Å². The molecule has 0 bridgehead atoms. The minimum absolute atomic E-state index is 0.0635. The summed E-state index contributed by atoms with van der Waals surface area (Å²) in [5, 5.41) is 0. The Hall–Kier alpha value is -2.58. The van der Waals surface area contributed by atoms with E-state index in [4.69, 9.17) is 14.2 Å². The first-order valence-corrected chi connectivity index (χ1v) is 11.7. The summed E-state index contributed by atoms with van der Waals surface area (Å²) in [5.41, 5.74) is 1.44. The number of sulfonamides is 1. The smallest absolute Gasteiger partial charge is 0.243 e. The number of rotatable bonds is 4. The second-order valence-corrected chi connectivity index (χ2v) is 10.2. The molecule has 1 saturated heterocycles. The number of piperidine rings is 1. The number of methoxy groups -OCH3 is 2. The first-order chi connectivity index (χ1) is 14.7. The first-order valence-electron chi connectivity index (χ1n) is 10.2. The van der Waals surface area contributed by atoms with Crippen LogP contribution in [0.25, 0.3) is 0 Å². The molecule has 2 aromatic carbocycles. The van der Waals surface area contributed by atoms with E-state index < -0.39 is 15.6 Å². The van der Waals surface area contributed by atoms with Gasteiger partial charge in [-0.3, -0.25) is 4.79 Å². The lowest BCUT2D eigenvalue weighted by molar-refractivity contribution is 0.00538. The lowest BCUT2D eigenvalue weighted by Gasteiger charge is -2.43. The normalized spacial score (nSPS) is 18.4. The van der Waals surface area contributed by atoms with Crippen molar-refractivity contribution in [3.63, 3.8) is 0 Å². The van der Waals surface area contributed by atoms with E-state index in [0.717, 1.165) is 11.1 Å². The molecular formula is C23H27NO6S. The van der Waals surface area contributed by atoms with Crippen LogP contribution in [0.2, 0.25) is 0 Å². The second-order valence-electron chi connectivity index (χ2n) is 8.26. The lowest BCUT2D eigenvalue weighted by atomic mass is 9.82. The van der Waals surface area contributed by atoms with Gasteiger partial charge in [-0.05, 0) is 25.5 Å². The number of carbonyl (C=O) groups is 1. The summed E-state index contributed by atoms with van der Waals surface area (Å²) in [6.45, 7) is 4.33. The van der Waals surface area contributed by atoms with Gasteiger partial charge >= 0.3 is 0 Å². The Kier molecular flexibility index (Phi) is 5.47. The average molecular weight is 446 g/mol. The Morgan fingerprint density at radius 2 is 1.74 bits per heavy atom. The van der Waals surface area contributed by atoms with Crippen molar-refractivity contribution in [3.05, 3.63) is 47.0 Å². The van der Waals surface area contributed by atoms with Crippen molar-refractivity contribution in [3.8, 4) is 17.2 Å². The average Bonchev–Trinajstić information content (AvgIpc) is 2.72. The number of fused-ring (bicyclic) bond motifs is 1. The SMILES string of the molecule is COc1cc(OC)c2c(c1)OC1(CCN(S(=O)(=O)c3ccc(C)cc3C)CC1)CC2=O. The zero-order chi connectivity index (χ0) is 22.4. The van der Waals surface area contributed by atoms with E-state index in [2.05, 4.69) is 0 Å². The molecule has 0 unspecified atom stereocenters. The molecule has 0 aliphatic carbocycles. The maximum Gasteiger partial charge on any atom is 0.243 e. The molecule has 0 radical (unpaired) electrons. The Bertz CT molecular complexity index is 1130. The number of carbonyl (C=O) groups excluding carboxylic acids is 1. The third-order valence-electron chi connectivity index (χ3n) is 6.17. The highest BCUT2D eigenvalue weighted by Crippen LogP contribution is 2.45. The van der Waals surface area contributed by atoms with Gasteiger partial charge in [0.1, 0.15) is 28.4 Å². The summed E-state index contributed by atoms with van der Waals surface area (Å²) >= 11 is 0. The van der Waals surface area contributed by atoms with Gasteiger partial charge in [-0.15, -0.1) is 0 Å². The minimum Gasteiger partial charge on any atom is -0.496 e. The fourth-order valence-electron chi connectivity index (χ4n) is 4.49. The molecule has 0 amide bonds. The zero-order valence-electron chi connectivity index (χ0n) is 18.2. The highest BCUT2D eigenvalue weighted by Gasteiger charge is 2.46. The van der Waals surface area contributed by atoms with Crippen LogP contribution in [-0.4, -0.2) is 51.4 Å². The van der Waals surface area contributed by atoms with Crippen LogP contribution in [0.3, 0.4) is 0 Å². The summed E-state index contributed by atoms with van der Waals surface area (Å²) < 4.78 is 44.9. The number of hydrogen-bond acceptors (Lipinski definition) is 6. The number of hydrogen-bond donors (Lipinski definition) is 0. The van der Waals surface area contributed by atoms with E-state index in [-0.39, 0.29) is 12.2 Å². The number of nitrogens with zero attached hydrogens (tertiary/aromatic N) is 1. The molecule has 166 valence electrons. The Balaban J connectivity index is 1.58. The fourth-order valence-corrected chi connectivity index (χ4v) is 6.14. The molecule has 0 N–H and O–H groups in total. The van der Waals surface area contributed by atoms with Crippen LogP contribution in [0, 0.1) is 13.8 Å². The molecule has 0 saturated carbocycles. The van der Waals surface area contributed by atoms with Crippen molar-refractivity contribution >= 4 is 15.8 Å². The largest absolute Gasteiger partial charge is 0.496 e. The molecule has 1 fully saturated rings. The van der Waals surface area contributed by atoms with Crippen LogP contribution < -0.4 is 14.2 Å². The maximum absolute atomic E-state index is 13.2. The molecule has 4 rings (SSSR count). The summed E-state index contributed by atoms with van der Waals surface area (Å²) in [7, 11) is -0.565. The first kappa shape index (κ1) is 21.6. The third kappa shape index (κ3) is 3.78. The van der Waals surface area contributed by atoms with Crippen LogP contribution >= 0.6 is 0 Å². The summed E-state index contributed by atoms with van der Waals surface area (Å²) in [6, 6.07) is 8.71. The van der Waals surface area contributed by atoms with Gasteiger partial charge in [-0.2, -0.15) is 4.31 Å². The summed E-state index contributed by atoms with van der Waals surface area (Å²) in [4.78, 5) is 13.3. The number of ketones is 1. The van der Waals surface area contributed by atoms with Crippen LogP contribution in [0.4, 0.5) is 0 Å². The van der Waals surface area contributed by atoms with E-state index >= 15 is 0 Å². The van der Waals surface area contributed by atoms with Crippen molar-refractivity contribution < 1.29 is 27.4 Å². The van der Waals surface area contributed by atoms with Gasteiger partial charge in [-0.25, -0.2) is 8.42 Å². The standard InChI is InChI=1S/C23H27NO6S/c1-15-5-6-21(16(2)11-15)31(26,27)24-9-7-23(8-10-24)14-18(25)22-19(29-4)12-17(28-3)13-20(22)30-23/h5-6,11-13H,7-10,14H2,1-4H3. The molecule has 2 aromatic rings. The van der Waals surface area contributed by atoms with E-state index in [1.807, 2.05) is 26.0 Å². The van der Waals surface area contributed by atoms with Crippen molar-refractivity contribution in [1.82, 2.24) is 4.31 Å². The van der Waals surface area contributed by atoms with E-state index in [1.54, 1.807) is 18.2 Å². The Labute approximate surface area is 183 Å². The van der Waals surface area contributed by atoms with Crippen molar-refractivity contribution in [2.75, 3.05) is 27.3 Å². The molecule has 31 heavy (non-hydrogen) atoms. The third-order valence-corrected chi connectivity index (χ3v) is 8.22. The Morgan fingerprint density at radius 3 is 2.35 bits per heavy atom. The molecule has 2 heterocycles. The van der Waals surface area contributed by atoms with Gasteiger partial charge in [0.2, 0.25) is 10.0 Å². The van der Waals surface area contributed by atoms with Gasteiger partial charge in [0.15, 0.2) is 5.78 Å².